The number of rotatable bonds is 6. The molecule has 0 bridgehead atoms. The topological polar surface area (TPSA) is 70.9 Å². The van der Waals surface area contributed by atoms with E-state index in [0.717, 1.165) is 21.9 Å². The molecule has 4 aromatic rings. The quantitative estimate of drug-likeness (QED) is 0.365. The Morgan fingerprint density at radius 2 is 1.57 bits per heavy atom. The van der Waals surface area contributed by atoms with Gasteiger partial charge in [0.1, 0.15) is 11.5 Å². The zero-order valence-electron chi connectivity index (χ0n) is 16.2. The third-order valence-corrected chi connectivity index (χ3v) is 4.66. The molecule has 0 aliphatic heterocycles. The van der Waals surface area contributed by atoms with Crippen LogP contribution < -0.4 is 10.2 Å². The second-order valence-corrected chi connectivity index (χ2v) is 6.69. The highest BCUT2D eigenvalue weighted by Gasteiger charge is 2.06. The van der Waals surface area contributed by atoms with Gasteiger partial charge in [0.2, 0.25) is 0 Å². The Balaban J connectivity index is 1.34. The number of hydrogen-bond acceptors (Lipinski definition) is 4. The van der Waals surface area contributed by atoms with E-state index in [-0.39, 0.29) is 12.4 Å². The molecule has 2 N–H and O–H groups in total. The minimum atomic E-state index is -0.391. The first-order valence-electron chi connectivity index (χ1n) is 9.51. The molecule has 0 heterocycles. The summed E-state index contributed by atoms with van der Waals surface area (Å²) in [6, 6.07) is 28.7. The van der Waals surface area contributed by atoms with Gasteiger partial charge in [0.15, 0.2) is 6.61 Å². The van der Waals surface area contributed by atoms with E-state index in [4.69, 9.17) is 4.74 Å². The van der Waals surface area contributed by atoms with Crippen LogP contribution in [0.4, 0.5) is 0 Å². The van der Waals surface area contributed by atoms with Gasteiger partial charge < -0.3 is 9.84 Å². The SMILES string of the molecule is O=C(COc1ccc(-c2ccccc2)cc1)N/N=C/c1c(O)ccc2ccccc12. The van der Waals surface area contributed by atoms with E-state index in [9.17, 15) is 9.90 Å². The largest absolute Gasteiger partial charge is 0.507 e. The molecule has 0 radical (unpaired) electrons. The number of hydrazone groups is 1. The van der Waals surface area contributed by atoms with E-state index >= 15 is 0 Å². The van der Waals surface area contributed by atoms with Gasteiger partial charge in [-0.25, -0.2) is 5.43 Å². The normalized spacial score (nSPS) is 10.9. The number of carbonyl (C=O) groups is 1. The Morgan fingerprint density at radius 3 is 2.37 bits per heavy atom. The van der Waals surface area contributed by atoms with Crippen LogP contribution >= 0.6 is 0 Å². The molecule has 1 amide bonds. The summed E-state index contributed by atoms with van der Waals surface area (Å²) in [5.41, 5.74) is 5.17. The summed E-state index contributed by atoms with van der Waals surface area (Å²) >= 11 is 0. The Hall–Kier alpha value is -4.12. The highest BCUT2D eigenvalue weighted by atomic mass is 16.5. The number of ether oxygens (including phenoxy) is 1. The number of hydrogen-bond donors (Lipinski definition) is 2. The van der Waals surface area contributed by atoms with Crippen molar-refractivity contribution < 1.29 is 14.6 Å². The van der Waals surface area contributed by atoms with Crippen LogP contribution in [0.5, 0.6) is 11.5 Å². The molecule has 0 fully saturated rings. The third kappa shape index (κ3) is 4.47. The molecule has 0 unspecified atom stereocenters. The molecular weight excluding hydrogens is 376 g/mol. The highest BCUT2D eigenvalue weighted by molar-refractivity contribution is 6.02. The van der Waals surface area contributed by atoms with Crippen LogP contribution in [-0.2, 0) is 4.79 Å². The van der Waals surface area contributed by atoms with Crippen molar-refractivity contribution in [2.75, 3.05) is 6.61 Å². The van der Waals surface area contributed by atoms with Crippen molar-refractivity contribution in [1.82, 2.24) is 5.43 Å². The van der Waals surface area contributed by atoms with Gasteiger partial charge in [-0.2, -0.15) is 5.10 Å². The van der Waals surface area contributed by atoms with Crippen LogP contribution in [0.1, 0.15) is 5.56 Å². The van der Waals surface area contributed by atoms with E-state index in [1.54, 1.807) is 6.07 Å². The molecule has 0 aliphatic rings. The van der Waals surface area contributed by atoms with Gasteiger partial charge in [-0.1, -0.05) is 72.8 Å². The van der Waals surface area contributed by atoms with E-state index in [2.05, 4.69) is 10.5 Å². The van der Waals surface area contributed by atoms with Gasteiger partial charge in [0, 0.05) is 5.56 Å². The number of nitrogens with one attached hydrogen (secondary N) is 1. The number of carbonyl (C=O) groups excluding carboxylic acids is 1. The molecule has 148 valence electrons. The summed E-state index contributed by atoms with van der Waals surface area (Å²) < 4.78 is 5.52. The number of amides is 1. The number of nitrogens with zero attached hydrogens (tertiary/aromatic N) is 1. The Labute approximate surface area is 174 Å². The lowest BCUT2D eigenvalue weighted by Gasteiger charge is -2.07. The Kier molecular flexibility index (Phi) is 5.71. The summed E-state index contributed by atoms with van der Waals surface area (Å²) in [5.74, 6) is 0.306. The first-order chi connectivity index (χ1) is 14.7. The average Bonchev–Trinajstić information content (AvgIpc) is 2.80. The van der Waals surface area contributed by atoms with Crippen molar-refractivity contribution >= 4 is 22.9 Å². The standard InChI is InChI=1S/C25H20N2O3/c28-24-15-12-20-8-4-5-9-22(20)23(24)16-26-27-25(29)17-30-21-13-10-19(11-14-21)18-6-2-1-3-7-18/h1-16,28H,17H2,(H,27,29)/b26-16+. The number of aromatic hydroxyl groups is 1. The maximum Gasteiger partial charge on any atom is 0.277 e. The molecule has 0 saturated heterocycles. The second kappa shape index (κ2) is 8.92. The average molecular weight is 396 g/mol. The van der Waals surface area contributed by atoms with Crippen LogP contribution in [0.3, 0.4) is 0 Å². The fourth-order valence-corrected chi connectivity index (χ4v) is 3.14. The first-order valence-corrected chi connectivity index (χ1v) is 9.51. The highest BCUT2D eigenvalue weighted by Crippen LogP contribution is 2.25. The Morgan fingerprint density at radius 1 is 0.867 bits per heavy atom. The van der Waals surface area contributed by atoms with Gasteiger partial charge in [0.25, 0.3) is 5.91 Å². The number of fused-ring (bicyclic) bond motifs is 1. The van der Waals surface area contributed by atoms with E-state index in [1.807, 2.05) is 84.9 Å². The summed E-state index contributed by atoms with van der Waals surface area (Å²) in [4.78, 5) is 12.0. The summed E-state index contributed by atoms with van der Waals surface area (Å²) in [5, 5.41) is 15.9. The van der Waals surface area contributed by atoms with Crippen LogP contribution in [-0.4, -0.2) is 23.8 Å². The smallest absolute Gasteiger partial charge is 0.277 e. The predicted octanol–water partition coefficient (Wildman–Crippen LogP) is 4.74. The molecule has 0 atom stereocenters. The number of phenols is 1. The van der Waals surface area contributed by atoms with Crippen LogP contribution in [0, 0.1) is 0 Å². The van der Waals surface area contributed by atoms with Crippen LogP contribution in [0.2, 0.25) is 0 Å². The molecule has 5 heteroatoms. The fourth-order valence-electron chi connectivity index (χ4n) is 3.14. The van der Waals surface area contributed by atoms with E-state index < -0.39 is 5.91 Å². The molecule has 0 aliphatic carbocycles. The van der Waals surface area contributed by atoms with Gasteiger partial charge in [-0.3, -0.25) is 4.79 Å². The molecule has 4 aromatic carbocycles. The van der Waals surface area contributed by atoms with Crippen molar-refractivity contribution in [3.63, 3.8) is 0 Å². The molecule has 5 nitrogen and oxygen atoms in total. The zero-order chi connectivity index (χ0) is 20.8. The maximum atomic E-state index is 12.0. The first kappa shape index (κ1) is 19.2. The Bertz CT molecular complexity index is 1190. The van der Waals surface area contributed by atoms with Crippen LogP contribution in [0.25, 0.3) is 21.9 Å². The minimum Gasteiger partial charge on any atom is -0.507 e. The van der Waals surface area contributed by atoms with Gasteiger partial charge >= 0.3 is 0 Å². The molecule has 4 rings (SSSR count). The lowest BCUT2D eigenvalue weighted by atomic mass is 10.0. The van der Waals surface area contributed by atoms with E-state index in [1.165, 1.54) is 6.21 Å². The van der Waals surface area contributed by atoms with Crippen molar-refractivity contribution in [2.24, 2.45) is 5.10 Å². The molecule has 0 aromatic heterocycles. The van der Waals surface area contributed by atoms with Crippen molar-refractivity contribution in [1.29, 1.82) is 0 Å². The van der Waals surface area contributed by atoms with Crippen LogP contribution in [0.15, 0.2) is 96.1 Å². The van der Waals surface area contributed by atoms with Crippen molar-refractivity contribution in [2.45, 2.75) is 0 Å². The lowest BCUT2D eigenvalue weighted by molar-refractivity contribution is -0.123. The fraction of sp³-hybridized carbons (Fsp3) is 0.0400. The zero-order valence-corrected chi connectivity index (χ0v) is 16.2. The molecule has 0 spiro atoms. The molecule has 30 heavy (non-hydrogen) atoms. The molecular formula is C25H20N2O3. The van der Waals surface area contributed by atoms with Gasteiger partial charge in [-0.15, -0.1) is 0 Å². The van der Waals surface area contributed by atoms with Crippen molar-refractivity contribution in [3.05, 3.63) is 96.6 Å². The third-order valence-electron chi connectivity index (χ3n) is 4.66. The van der Waals surface area contributed by atoms with Gasteiger partial charge in [0.05, 0.1) is 6.21 Å². The monoisotopic (exact) mass is 396 g/mol. The predicted molar refractivity (Wildman–Crippen MR) is 119 cm³/mol. The van der Waals surface area contributed by atoms with E-state index in [0.29, 0.717) is 11.3 Å². The van der Waals surface area contributed by atoms with Crippen molar-refractivity contribution in [3.8, 4) is 22.6 Å². The summed E-state index contributed by atoms with van der Waals surface area (Å²) in [6.45, 7) is -0.163. The summed E-state index contributed by atoms with van der Waals surface area (Å²) in [6.07, 6.45) is 1.43. The minimum absolute atomic E-state index is 0.0986. The lowest BCUT2D eigenvalue weighted by Crippen LogP contribution is -2.24. The number of benzene rings is 4. The molecule has 0 saturated carbocycles. The van der Waals surface area contributed by atoms with Gasteiger partial charge in [-0.05, 0) is 40.1 Å². The number of phenolic OH excluding ortho intramolecular Hbond substituents is 1. The maximum absolute atomic E-state index is 12.0. The summed E-state index contributed by atoms with van der Waals surface area (Å²) in [7, 11) is 0. The second-order valence-electron chi connectivity index (χ2n) is 6.69.